The van der Waals surface area contributed by atoms with Crippen molar-refractivity contribution in [3.05, 3.63) is 0 Å². The maximum absolute atomic E-state index is 11.9. The van der Waals surface area contributed by atoms with Crippen LogP contribution < -0.4 is 0 Å². The quantitative estimate of drug-likeness (QED) is 0.729. The highest BCUT2D eigenvalue weighted by molar-refractivity contribution is 5.82. The van der Waals surface area contributed by atoms with Crippen molar-refractivity contribution >= 4 is 5.78 Å². The van der Waals surface area contributed by atoms with E-state index in [9.17, 15) is 4.79 Å². The van der Waals surface area contributed by atoms with E-state index in [1.165, 1.54) is 51.4 Å². The van der Waals surface area contributed by atoms with Gasteiger partial charge in [0.05, 0.1) is 0 Å². The number of hydrogen-bond acceptors (Lipinski definition) is 2. The number of hydrogen-bond donors (Lipinski definition) is 0. The van der Waals surface area contributed by atoms with Crippen LogP contribution in [0.25, 0.3) is 0 Å². The molecule has 0 aromatic heterocycles. The topological polar surface area (TPSA) is 26.3 Å². The van der Waals surface area contributed by atoms with Crippen molar-refractivity contribution in [2.24, 2.45) is 11.8 Å². The van der Waals surface area contributed by atoms with Crippen molar-refractivity contribution in [1.82, 2.24) is 0 Å². The third-order valence-electron chi connectivity index (χ3n) is 4.38. The second-order valence-electron chi connectivity index (χ2n) is 5.82. The van der Waals surface area contributed by atoms with Gasteiger partial charge in [-0.05, 0) is 31.6 Å². The molecule has 0 aromatic rings. The van der Waals surface area contributed by atoms with Gasteiger partial charge >= 0.3 is 0 Å². The molecule has 2 fully saturated rings. The maximum Gasteiger partial charge on any atom is 0.161 e. The Hall–Kier alpha value is -0.370. The first kappa shape index (κ1) is 13.1. The van der Waals surface area contributed by atoms with Crippen LogP contribution in [0.1, 0.15) is 64.2 Å². The Kier molecular flexibility index (Phi) is 5.50. The summed E-state index contributed by atoms with van der Waals surface area (Å²) in [4.78, 5) is 11.9. The molecule has 0 aromatic carbocycles. The molecule has 0 heterocycles. The first-order chi connectivity index (χ1) is 8.36. The Morgan fingerprint density at radius 3 is 2.12 bits per heavy atom. The van der Waals surface area contributed by atoms with Gasteiger partial charge in [0.15, 0.2) is 5.78 Å². The summed E-state index contributed by atoms with van der Waals surface area (Å²) >= 11 is 0. The van der Waals surface area contributed by atoms with E-state index in [-0.39, 0.29) is 0 Å². The Morgan fingerprint density at radius 1 is 0.882 bits per heavy atom. The summed E-state index contributed by atoms with van der Waals surface area (Å²) in [7, 11) is 0. The molecule has 98 valence electrons. The number of carbonyl (C=O) groups is 1. The van der Waals surface area contributed by atoms with Crippen molar-refractivity contribution in [2.75, 3.05) is 13.2 Å². The number of rotatable bonds is 5. The van der Waals surface area contributed by atoms with Crippen LogP contribution in [-0.2, 0) is 9.53 Å². The molecule has 2 rings (SSSR count). The minimum atomic E-state index is 0.315. The summed E-state index contributed by atoms with van der Waals surface area (Å²) < 4.78 is 5.64. The van der Waals surface area contributed by atoms with Gasteiger partial charge in [0.2, 0.25) is 0 Å². The van der Waals surface area contributed by atoms with Gasteiger partial charge in [-0.25, -0.2) is 0 Å². The fourth-order valence-electron chi connectivity index (χ4n) is 3.22. The molecular weight excluding hydrogens is 212 g/mol. The SMILES string of the molecule is O=C(COCC1CCCCC1)C1CCCCC1. The number of Topliss-reactive ketones (excluding diaryl/α,β-unsaturated/α-hetero) is 1. The molecule has 0 spiro atoms. The zero-order chi connectivity index (χ0) is 11.9. The molecule has 2 saturated carbocycles. The van der Waals surface area contributed by atoms with E-state index >= 15 is 0 Å². The van der Waals surface area contributed by atoms with E-state index in [1.54, 1.807) is 0 Å². The van der Waals surface area contributed by atoms with Gasteiger partial charge in [-0.3, -0.25) is 4.79 Å². The molecule has 0 amide bonds. The van der Waals surface area contributed by atoms with E-state index < -0.39 is 0 Å². The fourth-order valence-corrected chi connectivity index (χ4v) is 3.22. The van der Waals surface area contributed by atoms with Gasteiger partial charge in [0, 0.05) is 12.5 Å². The summed E-state index contributed by atoms with van der Waals surface area (Å²) in [6, 6.07) is 0. The van der Waals surface area contributed by atoms with E-state index in [0.717, 1.165) is 25.4 Å². The lowest BCUT2D eigenvalue weighted by Gasteiger charge is -2.23. The Morgan fingerprint density at radius 2 is 1.47 bits per heavy atom. The number of ketones is 1. The van der Waals surface area contributed by atoms with Crippen molar-refractivity contribution in [3.8, 4) is 0 Å². The minimum absolute atomic E-state index is 0.315. The normalized spacial score (nSPS) is 23.8. The molecule has 2 aliphatic carbocycles. The molecular formula is C15H26O2. The zero-order valence-electron chi connectivity index (χ0n) is 11.0. The smallest absolute Gasteiger partial charge is 0.161 e. The largest absolute Gasteiger partial charge is 0.373 e. The van der Waals surface area contributed by atoms with Gasteiger partial charge in [-0.15, -0.1) is 0 Å². The van der Waals surface area contributed by atoms with E-state index in [4.69, 9.17) is 4.74 Å². The van der Waals surface area contributed by atoms with Crippen molar-refractivity contribution in [3.63, 3.8) is 0 Å². The molecule has 2 nitrogen and oxygen atoms in total. The molecule has 0 unspecified atom stereocenters. The third kappa shape index (κ3) is 4.42. The van der Waals surface area contributed by atoms with Crippen LogP contribution in [0.2, 0.25) is 0 Å². The maximum atomic E-state index is 11.9. The lowest BCUT2D eigenvalue weighted by Crippen LogP contribution is -2.24. The number of carbonyl (C=O) groups excluding carboxylic acids is 1. The summed E-state index contributed by atoms with van der Waals surface area (Å²) in [6.07, 6.45) is 12.7. The Labute approximate surface area is 105 Å². The van der Waals surface area contributed by atoms with E-state index in [0.29, 0.717) is 18.3 Å². The van der Waals surface area contributed by atoms with Crippen LogP contribution in [0.5, 0.6) is 0 Å². The molecule has 0 radical (unpaired) electrons. The van der Waals surface area contributed by atoms with Crippen LogP contribution in [0.15, 0.2) is 0 Å². The Balaban J connectivity index is 1.58. The molecule has 2 aliphatic rings. The summed E-state index contributed by atoms with van der Waals surface area (Å²) in [5, 5.41) is 0. The minimum Gasteiger partial charge on any atom is -0.373 e. The van der Waals surface area contributed by atoms with E-state index in [2.05, 4.69) is 0 Å². The molecule has 17 heavy (non-hydrogen) atoms. The van der Waals surface area contributed by atoms with Crippen molar-refractivity contribution in [2.45, 2.75) is 64.2 Å². The number of ether oxygens (including phenoxy) is 1. The molecule has 2 heteroatoms. The second-order valence-corrected chi connectivity index (χ2v) is 5.82. The molecule has 0 saturated heterocycles. The van der Waals surface area contributed by atoms with Gasteiger partial charge in [0.1, 0.15) is 6.61 Å². The predicted octanol–water partition coefficient (Wildman–Crippen LogP) is 3.73. The monoisotopic (exact) mass is 238 g/mol. The van der Waals surface area contributed by atoms with Crippen molar-refractivity contribution < 1.29 is 9.53 Å². The predicted molar refractivity (Wildman–Crippen MR) is 69.0 cm³/mol. The highest BCUT2D eigenvalue weighted by Crippen LogP contribution is 2.25. The first-order valence-electron chi connectivity index (χ1n) is 7.46. The fraction of sp³-hybridized carbons (Fsp3) is 0.933. The summed E-state index contributed by atoms with van der Waals surface area (Å²) in [5.41, 5.74) is 0. The van der Waals surface area contributed by atoms with Crippen LogP contribution in [0.4, 0.5) is 0 Å². The highest BCUT2D eigenvalue weighted by Gasteiger charge is 2.21. The molecule has 0 N–H and O–H groups in total. The van der Waals surface area contributed by atoms with Crippen LogP contribution in [0, 0.1) is 11.8 Å². The molecule has 0 atom stereocenters. The van der Waals surface area contributed by atoms with Gasteiger partial charge in [-0.1, -0.05) is 38.5 Å². The van der Waals surface area contributed by atoms with Crippen LogP contribution >= 0.6 is 0 Å². The van der Waals surface area contributed by atoms with Gasteiger partial charge < -0.3 is 4.74 Å². The second kappa shape index (κ2) is 7.15. The Bertz CT molecular complexity index is 225. The third-order valence-corrected chi connectivity index (χ3v) is 4.38. The standard InChI is InChI=1S/C15H26O2/c16-15(14-9-5-2-6-10-14)12-17-11-13-7-3-1-4-8-13/h13-14H,1-12H2. The van der Waals surface area contributed by atoms with Crippen LogP contribution in [0.3, 0.4) is 0 Å². The average molecular weight is 238 g/mol. The lowest BCUT2D eigenvalue weighted by atomic mass is 9.86. The first-order valence-corrected chi connectivity index (χ1v) is 7.46. The van der Waals surface area contributed by atoms with Gasteiger partial charge in [0.25, 0.3) is 0 Å². The molecule has 0 bridgehead atoms. The lowest BCUT2D eigenvalue weighted by molar-refractivity contribution is -0.129. The van der Waals surface area contributed by atoms with Gasteiger partial charge in [-0.2, -0.15) is 0 Å². The summed E-state index contributed by atoms with van der Waals surface area (Å²) in [5.74, 6) is 1.40. The molecule has 0 aliphatic heterocycles. The highest BCUT2D eigenvalue weighted by atomic mass is 16.5. The van der Waals surface area contributed by atoms with E-state index in [1.807, 2.05) is 0 Å². The summed E-state index contributed by atoms with van der Waals surface area (Å²) in [6.45, 7) is 1.19. The van der Waals surface area contributed by atoms with Crippen LogP contribution in [-0.4, -0.2) is 19.0 Å². The average Bonchev–Trinajstić information content (AvgIpc) is 2.41. The zero-order valence-corrected chi connectivity index (χ0v) is 11.0. The van der Waals surface area contributed by atoms with Crippen molar-refractivity contribution in [1.29, 1.82) is 0 Å².